The van der Waals surface area contributed by atoms with Crippen LogP contribution in [0, 0.1) is 13.8 Å². The molecule has 5 nitrogen and oxygen atoms in total. The van der Waals surface area contributed by atoms with Gasteiger partial charge in [0.1, 0.15) is 5.75 Å². The highest BCUT2D eigenvalue weighted by Crippen LogP contribution is 2.36. The lowest BCUT2D eigenvalue weighted by molar-refractivity contribution is -0.130. The lowest BCUT2D eigenvalue weighted by atomic mass is 9.97. The molecular weight excluding hydrogens is 526 g/mol. The van der Waals surface area contributed by atoms with E-state index in [1.54, 1.807) is 23.9 Å². The summed E-state index contributed by atoms with van der Waals surface area (Å²) in [5.74, 6) is 1.10. The van der Waals surface area contributed by atoms with Crippen molar-refractivity contribution in [3.63, 3.8) is 0 Å². The Morgan fingerprint density at radius 3 is 2.46 bits per heavy atom. The van der Waals surface area contributed by atoms with Gasteiger partial charge in [0.15, 0.2) is 0 Å². The lowest BCUT2D eigenvalue weighted by Crippen LogP contribution is -2.28. The van der Waals surface area contributed by atoms with Crippen molar-refractivity contribution < 1.29 is 9.53 Å². The van der Waals surface area contributed by atoms with E-state index in [2.05, 4.69) is 97.4 Å². The minimum Gasteiger partial charge on any atom is -0.497 e. The third-order valence-corrected chi connectivity index (χ3v) is 8.62. The number of methoxy groups -OCH3 is 1. The van der Waals surface area contributed by atoms with E-state index in [-0.39, 0.29) is 11.9 Å². The molecule has 1 aliphatic heterocycles. The average Bonchev–Trinajstić information content (AvgIpc) is 3.59. The van der Waals surface area contributed by atoms with Gasteiger partial charge in [-0.1, -0.05) is 77.9 Å². The number of nitrogens with zero attached hydrogens (tertiary/aromatic N) is 3. The number of benzene rings is 4. The summed E-state index contributed by atoms with van der Waals surface area (Å²) < 4.78 is 7.61. The number of carbonyl (C=O) groups is 1. The molecule has 1 atom stereocenters. The number of carbonyl (C=O) groups excluding carboxylic acids is 1. The highest BCUT2D eigenvalue weighted by Gasteiger charge is 2.33. The zero-order chi connectivity index (χ0) is 28.3. The molecule has 6 heteroatoms. The van der Waals surface area contributed by atoms with Crippen molar-refractivity contribution in [1.29, 1.82) is 0 Å². The molecule has 1 aliphatic rings. The molecule has 0 saturated heterocycles. The zero-order valence-corrected chi connectivity index (χ0v) is 24.4. The summed E-state index contributed by atoms with van der Waals surface area (Å²) in [6, 6.07) is 33.2. The van der Waals surface area contributed by atoms with Crippen molar-refractivity contribution in [3.8, 4) is 5.75 Å². The van der Waals surface area contributed by atoms with Gasteiger partial charge in [0.25, 0.3) is 5.91 Å². The molecule has 41 heavy (non-hydrogen) atoms. The van der Waals surface area contributed by atoms with Crippen LogP contribution in [0.1, 0.15) is 40.3 Å². The summed E-state index contributed by atoms with van der Waals surface area (Å²) in [5, 5.41) is 7.74. The van der Waals surface area contributed by atoms with E-state index in [0.29, 0.717) is 12.2 Å². The van der Waals surface area contributed by atoms with E-state index >= 15 is 0 Å². The summed E-state index contributed by atoms with van der Waals surface area (Å²) in [6.45, 7) is 4.98. The minimum atomic E-state index is -0.136. The second-order valence-corrected chi connectivity index (χ2v) is 11.6. The smallest absolute Gasteiger partial charge is 0.253 e. The molecule has 0 radical (unpaired) electrons. The summed E-state index contributed by atoms with van der Waals surface area (Å²) in [6.07, 6.45) is 2.85. The zero-order valence-electron chi connectivity index (χ0n) is 23.6. The van der Waals surface area contributed by atoms with Gasteiger partial charge in [-0.2, -0.15) is 5.10 Å². The number of rotatable bonds is 8. The molecule has 1 amide bonds. The molecular formula is C35H33N3O2S. The topological polar surface area (TPSA) is 46.8 Å². The first-order chi connectivity index (χ1) is 20.0. The highest BCUT2D eigenvalue weighted by atomic mass is 32.2. The van der Waals surface area contributed by atoms with Crippen molar-refractivity contribution in [2.45, 2.75) is 37.8 Å². The van der Waals surface area contributed by atoms with Crippen molar-refractivity contribution in [2.24, 2.45) is 5.10 Å². The number of aromatic nitrogens is 1. The lowest BCUT2D eigenvalue weighted by Gasteiger charge is -2.22. The number of thioether (sulfide) groups is 1. The van der Waals surface area contributed by atoms with Gasteiger partial charge in [0, 0.05) is 35.0 Å². The minimum absolute atomic E-state index is 0.000369. The number of aryl methyl sites for hydroxylation is 2. The van der Waals surface area contributed by atoms with Gasteiger partial charge >= 0.3 is 0 Å². The molecule has 0 fully saturated rings. The van der Waals surface area contributed by atoms with Gasteiger partial charge < -0.3 is 9.30 Å². The number of hydrogen-bond acceptors (Lipinski definition) is 4. The number of amides is 1. The molecule has 0 spiro atoms. The Balaban J connectivity index is 1.25. The standard InChI is InChI=1S/C35H33N3O2S/c1-24-11-13-28(14-12-24)33-20-31(27-15-17-29(40-3)18-16-27)36-38(33)35(39)23-41-34-22-37(32-10-5-4-9-30(32)34)21-26-8-6-7-25(2)19-26/h4-19,22,33H,20-21,23H2,1-3H3/t33-/m0/s1. The fourth-order valence-corrected chi connectivity index (χ4v) is 6.36. The van der Waals surface area contributed by atoms with Crippen LogP contribution in [0.15, 0.2) is 113 Å². The summed E-state index contributed by atoms with van der Waals surface area (Å²) in [4.78, 5) is 14.9. The Bertz CT molecular complexity index is 1720. The molecule has 0 bridgehead atoms. The predicted octanol–water partition coefficient (Wildman–Crippen LogP) is 7.79. The number of para-hydroxylation sites is 1. The first-order valence-electron chi connectivity index (χ1n) is 13.9. The van der Waals surface area contributed by atoms with Crippen LogP contribution in [0.25, 0.3) is 10.9 Å². The summed E-state index contributed by atoms with van der Waals surface area (Å²) >= 11 is 1.58. The average molecular weight is 560 g/mol. The molecule has 0 unspecified atom stereocenters. The Labute approximate surface area is 245 Å². The molecule has 5 aromatic rings. The molecule has 0 saturated carbocycles. The van der Waals surface area contributed by atoms with Gasteiger partial charge in [-0.25, -0.2) is 5.01 Å². The third-order valence-electron chi connectivity index (χ3n) is 7.59. The Kier molecular flexibility index (Phi) is 7.66. The van der Waals surface area contributed by atoms with Crippen LogP contribution in [0.2, 0.25) is 0 Å². The fraction of sp³-hybridized carbons (Fsp3) is 0.200. The number of fused-ring (bicyclic) bond motifs is 1. The second-order valence-electron chi connectivity index (χ2n) is 10.6. The third kappa shape index (κ3) is 5.79. The van der Waals surface area contributed by atoms with Crippen LogP contribution in [-0.2, 0) is 11.3 Å². The van der Waals surface area contributed by atoms with Gasteiger partial charge in [0.2, 0.25) is 0 Å². The van der Waals surface area contributed by atoms with Crippen molar-refractivity contribution in [3.05, 3.63) is 131 Å². The predicted molar refractivity (Wildman–Crippen MR) is 168 cm³/mol. The molecule has 0 aliphatic carbocycles. The fourth-order valence-electron chi connectivity index (χ4n) is 5.42. The quantitative estimate of drug-likeness (QED) is 0.182. The Morgan fingerprint density at radius 1 is 0.927 bits per heavy atom. The van der Waals surface area contributed by atoms with Crippen molar-refractivity contribution >= 4 is 34.3 Å². The number of hydrogen-bond donors (Lipinski definition) is 0. The molecule has 6 rings (SSSR count). The van der Waals surface area contributed by atoms with E-state index in [0.717, 1.165) is 39.4 Å². The van der Waals surface area contributed by atoms with Gasteiger partial charge in [-0.05, 0) is 60.9 Å². The second kappa shape index (κ2) is 11.7. The maximum absolute atomic E-state index is 13.8. The van der Waals surface area contributed by atoms with Crippen LogP contribution in [0.5, 0.6) is 5.75 Å². The highest BCUT2D eigenvalue weighted by molar-refractivity contribution is 8.00. The number of hydrazone groups is 1. The van der Waals surface area contributed by atoms with Crippen LogP contribution >= 0.6 is 11.8 Å². The van der Waals surface area contributed by atoms with Gasteiger partial charge in [0.05, 0.1) is 24.6 Å². The molecule has 206 valence electrons. The number of ether oxygens (including phenoxy) is 1. The first-order valence-corrected chi connectivity index (χ1v) is 14.8. The van der Waals surface area contributed by atoms with E-state index in [1.165, 1.54) is 22.2 Å². The van der Waals surface area contributed by atoms with E-state index in [1.807, 2.05) is 24.3 Å². The molecule has 1 aromatic heterocycles. The maximum Gasteiger partial charge on any atom is 0.253 e. The van der Waals surface area contributed by atoms with Crippen molar-refractivity contribution in [2.75, 3.05) is 12.9 Å². The SMILES string of the molecule is COc1ccc(C2=NN(C(=O)CSc3cn(Cc4cccc(C)c4)c4ccccc34)[C@H](c3ccc(C)cc3)C2)cc1. The normalized spacial score (nSPS) is 14.9. The van der Waals surface area contributed by atoms with Crippen molar-refractivity contribution in [1.82, 2.24) is 9.58 Å². The summed E-state index contributed by atoms with van der Waals surface area (Å²) in [7, 11) is 1.66. The van der Waals surface area contributed by atoms with Crippen LogP contribution in [-0.4, -0.2) is 34.1 Å². The van der Waals surface area contributed by atoms with E-state index < -0.39 is 0 Å². The van der Waals surface area contributed by atoms with Crippen LogP contribution in [0.4, 0.5) is 0 Å². The van der Waals surface area contributed by atoms with Crippen LogP contribution < -0.4 is 4.74 Å². The molecule has 0 N–H and O–H groups in total. The van der Waals surface area contributed by atoms with Gasteiger partial charge in [-0.3, -0.25) is 4.79 Å². The molecule has 2 heterocycles. The Hall–Kier alpha value is -4.29. The van der Waals surface area contributed by atoms with E-state index in [9.17, 15) is 4.79 Å². The largest absolute Gasteiger partial charge is 0.497 e. The summed E-state index contributed by atoms with van der Waals surface area (Å²) in [5.41, 5.74) is 7.88. The first kappa shape index (κ1) is 26.9. The van der Waals surface area contributed by atoms with Crippen LogP contribution in [0.3, 0.4) is 0 Å². The van der Waals surface area contributed by atoms with Gasteiger partial charge in [-0.15, -0.1) is 11.8 Å². The maximum atomic E-state index is 13.8. The molecule has 4 aromatic carbocycles. The van der Waals surface area contributed by atoms with E-state index in [4.69, 9.17) is 9.84 Å². The Morgan fingerprint density at radius 2 is 1.71 bits per heavy atom. The monoisotopic (exact) mass is 559 g/mol.